The molecule has 4 aromatic rings. The first-order valence-electron chi connectivity index (χ1n) is 11.6. The number of anilines is 1. The summed E-state index contributed by atoms with van der Waals surface area (Å²) in [6, 6.07) is 10.9. The maximum atomic E-state index is 16.3. The number of methoxy groups -OCH3 is 1. The molecule has 1 atom stereocenters. The van der Waals surface area contributed by atoms with Gasteiger partial charge in [0.05, 0.1) is 34.4 Å². The molecule has 39 heavy (non-hydrogen) atoms. The molecule has 3 heterocycles. The van der Waals surface area contributed by atoms with E-state index in [0.717, 1.165) is 43.5 Å². The Morgan fingerprint density at radius 3 is 2.64 bits per heavy atom. The lowest BCUT2D eigenvalue weighted by molar-refractivity contribution is 0.161. The van der Waals surface area contributed by atoms with Gasteiger partial charge in [-0.15, -0.1) is 11.3 Å². The number of hydrogen-bond donors (Lipinski definition) is 0. The first-order valence-corrected chi connectivity index (χ1v) is 13.5. The molecule has 2 N–H and O–H groups in total. The lowest BCUT2D eigenvalue weighted by Crippen LogP contribution is -2.29. The number of hydrogen-bond acceptors (Lipinski definition) is 6. The Kier molecular flexibility index (Phi) is 9.25. The Balaban J connectivity index is 0.00000353. The molecule has 1 unspecified atom stereocenters. The normalized spacial score (nSPS) is 13.9. The molecule has 0 fully saturated rings. The van der Waals surface area contributed by atoms with Gasteiger partial charge in [0.25, 0.3) is 0 Å². The molecule has 0 saturated heterocycles. The van der Waals surface area contributed by atoms with Gasteiger partial charge >= 0.3 is 0 Å². The van der Waals surface area contributed by atoms with E-state index in [2.05, 4.69) is 4.98 Å². The lowest BCUT2D eigenvalue weighted by Gasteiger charge is -2.24. The molecule has 0 spiro atoms. The quantitative estimate of drug-likeness (QED) is 0.262. The van der Waals surface area contributed by atoms with Crippen LogP contribution in [0.25, 0.3) is 27.3 Å². The summed E-state index contributed by atoms with van der Waals surface area (Å²) in [5.74, 6) is -2.36. The van der Waals surface area contributed by atoms with Gasteiger partial charge in [-0.2, -0.15) is 0 Å². The third-order valence-corrected chi connectivity index (χ3v) is 8.41. The van der Waals surface area contributed by atoms with Crippen LogP contribution >= 0.6 is 11.3 Å². The van der Waals surface area contributed by atoms with Gasteiger partial charge in [0.2, 0.25) is 0 Å². The van der Waals surface area contributed by atoms with E-state index < -0.39 is 33.3 Å². The molecule has 0 saturated carbocycles. The SMILES string of the molecule is COCN(c1cccc(-c2nc(C3=CCOCC3)sc2-c2ccncc2)c1F)S(=O)c1cc(F)ccc1F.O. The van der Waals surface area contributed by atoms with Crippen LogP contribution in [-0.2, 0) is 20.5 Å². The summed E-state index contributed by atoms with van der Waals surface area (Å²) >= 11 is 1.43. The van der Waals surface area contributed by atoms with Crippen LogP contribution in [0.15, 0.2) is 71.9 Å². The minimum Gasteiger partial charge on any atom is -0.412 e. The van der Waals surface area contributed by atoms with Crippen LogP contribution in [0.4, 0.5) is 18.9 Å². The van der Waals surface area contributed by atoms with Crippen LogP contribution < -0.4 is 4.31 Å². The Hall–Kier alpha value is -3.42. The maximum Gasteiger partial charge on any atom is 0.158 e. The zero-order valence-corrected chi connectivity index (χ0v) is 22.3. The molecule has 2 aromatic heterocycles. The highest BCUT2D eigenvalue weighted by molar-refractivity contribution is 7.86. The molecule has 7 nitrogen and oxygen atoms in total. The molecule has 204 valence electrons. The second-order valence-electron chi connectivity index (χ2n) is 8.25. The van der Waals surface area contributed by atoms with E-state index in [1.165, 1.54) is 24.5 Å². The van der Waals surface area contributed by atoms with Crippen molar-refractivity contribution < 1.29 is 32.3 Å². The van der Waals surface area contributed by atoms with Crippen LogP contribution in [0.3, 0.4) is 0 Å². The number of pyridine rings is 1. The maximum absolute atomic E-state index is 16.3. The van der Waals surface area contributed by atoms with Crippen molar-refractivity contribution in [3.63, 3.8) is 0 Å². The average Bonchev–Trinajstić information content (AvgIpc) is 3.39. The fourth-order valence-corrected chi connectivity index (χ4v) is 6.37. The molecular formula is C27H24F3N3O4S2. The van der Waals surface area contributed by atoms with Crippen LogP contribution in [0, 0.1) is 17.5 Å². The zero-order valence-electron chi connectivity index (χ0n) is 20.7. The fourth-order valence-electron chi connectivity index (χ4n) is 4.01. The van der Waals surface area contributed by atoms with Gasteiger partial charge in [-0.1, -0.05) is 12.1 Å². The van der Waals surface area contributed by atoms with Crippen molar-refractivity contribution in [2.45, 2.75) is 11.3 Å². The predicted octanol–water partition coefficient (Wildman–Crippen LogP) is 5.40. The van der Waals surface area contributed by atoms with Gasteiger partial charge in [0.15, 0.2) is 16.8 Å². The van der Waals surface area contributed by atoms with Crippen molar-refractivity contribution in [1.82, 2.24) is 9.97 Å². The zero-order chi connectivity index (χ0) is 26.6. The third-order valence-electron chi connectivity index (χ3n) is 5.84. The van der Waals surface area contributed by atoms with Crippen molar-refractivity contribution in [2.24, 2.45) is 0 Å². The van der Waals surface area contributed by atoms with E-state index in [1.54, 1.807) is 24.5 Å². The summed E-state index contributed by atoms with van der Waals surface area (Å²) in [7, 11) is -0.967. The molecule has 0 radical (unpaired) electrons. The highest BCUT2D eigenvalue weighted by Gasteiger charge is 2.27. The largest absolute Gasteiger partial charge is 0.412 e. The van der Waals surface area contributed by atoms with Gasteiger partial charge in [0, 0.05) is 25.1 Å². The minimum absolute atomic E-state index is 0. The molecule has 0 bridgehead atoms. The Bertz CT molecular complexity index is 1520. The second-order valence-corrected chi connectivity index (χ2v) is 10.6. The summed E-state index contributed by atoms with van der Waals surface area (Å²) < 4.78 is 69.5. The van der Waals surface area contributed by atoms with E-state index in [4.69, 9.17) is 14.5 Å². The summed E-state index contributed by atoms with van der Waals surface area (Å²) in [5.41, 5.74) is 2.30. The minimum atomic E-state index is -2.30. The lowest BCUT2D eigenvalue weighted by atomic mass is 10.1. The average molecular weight is 576 g/mol. The Morgan fingerprint density at radius 2 is 1.92 bits per heavy atom. The smallest absolute Gasteiger partial charge is 0.158 e. The van der Waals surface area contributed by atoms with Crippen molar-refractivity contribution in [3.8, 4) is 21.7 Å². The van der Waals surface area contributed by atoms with E-state index >= 15 is 4.39 Å². The topological polar surface area (TPSA) is 96.1 Å². The Labute approximate surface area is 229 Å². The number of nitrogens with zero attached hydrogens (tertiary/aromatic N) is 3. The van der Waals surface area contributed by atoms with Crippen molar-refractivity contribution >= 4 is 33.6 Å². The molecule has 12 heteroatoms. The molecule has 1 aliphatic rings. The molecule has 2 aromatic carbocycles. The van der Waals surface area contributed by atoms with Gasteiger partial charge < -0.3 is 14.9 Å². The summed E-state index contributed by atoms with van der Waals surface area (Å²) in [6.45, 7) is 0.714. The molecule has 5 rings (SSSR count). The van der Waals surface area contributed by atoms with E-state index in [1.807, 2.05) is 18.2 Å². The van der Waals surface area contributed by atoms with Crippen molar-refractivity contribution in [2.75, 3.05) is 31.4 Å². The second kappa shape index (κ2) is 12.6. The fraction of sp³-hybridized carbons (Fsp3) is 0.185. The molecule has 1 aliphatic heterocycles. The van der Waals surface area contributed by atoms with Gasteiger partial charge in [0.1, 0.15) is 23.4 Å². The van der Waals surface area contributed by atoms with Gasteiger partial charge in [-0.05, 0) is 60.0 Å². The van der Waals surface area contributed by atoms with Gasteiger partial charge in [-0.3, -0.25) is 9.29 Å². The number of benzene rings is 2. The monoisotopic (exact) mass is 575 g/mol. The Morgan fingerprint density at radius 1 is 1.13 bits per heavy atom. The van der Waals surface area contributed by atoms with Gasteiger partial charge in [-0.25, -0.2) is 22.4 Å². The van der Waals surface area contributed by atoms with Crippen molar-refractivity contribution in [1.29, 1.82) is 0 Å². The summed E-state index contributed by atoms with van der Waals surface area (Å²) in [4.78, 5) is 9.21. The number of thiazole rings is 1. The first-order chi connectivity index (χ1) is 18.5. The molecule has 0 aliphatic carbocycles. The highest BCUT2D eigenvalue weighted by atomic mass is 32.2. The third kappa shape index (κ3) is 5.94. The first kappa shape index (κ1) is 28.6. The van der Waals surface area contributed by atoms with Crippen LogP contribution in [0.2, 0.25) is 0 Å². The molecular weight excluding hydrogens is 551 g/mol. The van der Waals surface area contributed by atoms with Crippen molar-refractivity contribution in [3.05, 3.63) is 89.5 Å². The van der Waals surface area contributed by atoms with Crippen LogP contribution in [-0.4, -0.2) is 46.7 Å². The summed E-state index contributed by atoms with van der Waals surface area (Å²) in [6.07, 6.45) is 5.95. The van der Waals surface area contributed by atoms with Crippen LogP contribution in [0.5, 0.6) is 0 Å². The summed E-state index contributed by atoms with van der Waals surface area (Å²) in [5, 5.41) is 0.749. The number of rotatable bonds is 8. The van der Waals surface area contributed by atoms with E-state index in [-0.39, 0.29) is 23.5 Å². The van der Waals surface area contributed by atoms with E-state index in [0.29, 0.717) is 25.3 Å². The predicted molar refractivity (Wildman–Crippen MR) is 145 cm³/mol. The number of aromatic nitrogens is 2. The van der Waals surface area contributed by atoms with E-state index in [9.17, 15) is 13.0 Å². The number of halogens is 3. The standard InChI is InChI=1S/C27H22F3N3O3S2.H2O/c1-35-16-33(38(34)23-15-19(28)5-6-21(23)29)22-4-2-3-20(24(22)30)25-26(17-7-11-31-12-8-17)37-27(32-25)18-9-13-36-14-10-18;/h2-9,11-12,15H,10,13-14,16H2,1H3;1H2. The molecule has 0 amide bonds. The highest BCUT2D eigenvalue weighted by Crippen LogP contribution is 2.42. The number of ether oxygens (including phenoxy) is 2. The van der Waals surface area contributed by atoms with Crippen LogP contribution in [0.1, 0.15) is 11.4 Å².